The van der Waals surface area contributed by atoms with Gasteiger partial charge >= 0.3 is 0 Å². The molecular formula is C9H11N3O. The second-order valence-corrected chi connectivity index (χ2v) is 3.08. The highest BCUT2D eigenvalue weighted by molar-refractivity contribution is 6.02. The lowest BCUT2D eigenvalue weighted by Crippen LogP contribution is -2.36. The van der Waals surface area contributed by atoms with Gasteiger partial charge in [-0.25, -0.2) is 0 Å². The molecule has 1 heterocycles. The fourth-order valence-electron chi connectivity index (χ4n) is 1.41. The van der Waals surface area contributed by atoms with Crippen LogP contribution in [0.3, 0.4) is 0 Å². The minimum absolute atomic E-state index is 0.0669. The Morgan fingerprint density at radius 1 is 1.54 bits per heavy atom. The number of nitrogen functional groups attached to an aromatic ring is 1. The van der Waals surface area contributed by atoms with Crippen molar-refractivity contribution >= 4 is 23.0 Å². The monoisotopic (exact) mass is 177 g/mol. The summed E-state index contributed by atoms with van der Waals surface area (Å²) in [4.78, 5) is 12.9. The molecule has 1 amide bonds. The van der Waals surface area contributed by atoms with Crippen molar-refractivity contribution in [2.24, 2.45) is 0 Å². The van der Waals surface area contributed by atoms with Crippen molar-refractivity contribution in [1.29, 1.82) is 0 Å². The Labute approximate surface area is 76.3 Å². The third-order valence-electron chi connectivity index (χ3n) is 2.19. The van der Waals surface area contributed by atoms with E-state index in [1.165, 1.54) is 0 Å². The first kappa shape index (κ1) is 7.91. The fourth-order valence-corrected chi connectivity index (χ4v) is 1.41. The molecule has 1 aromatic rings. The molecule has 4 heteroatoms. The number of carbonyl (C=O) groups excluding carboxylic acids is 1. The minimum Gasteiger partial charge on any atom is -0.399 e. The van der Waals surface area contributed by atoms with Gasteiger partial charge in [-0.1, -0.05) is 0 Å². The highest BCUT2D eigenvalue weighted by Gasteiger charge is 2.19. The zero-order chi connectivity index (χ0) is 9.42. The normalized spacial score (nSPS) is 15.2. The lowest BCUT2D eigenvalue weighted by Gasteiger charge is -2.26. The molecule has 1 aliphatic heterocycles. The molecule has 0 spiro atoms. The predicted molar refractivity (Wildman–Crippen MR) is 52.8 cm³/mol. The summed E-state index contributed by atoms with van der Waals surface area (Å²) >= 11 is 0. The van der Waals surface area contributed by atoms with E-state index in [4.69, 9.17) is 5.73 Å². The number of rotatable bonds is 0. The van der Waals surface area contributed by atoms with E-state index in [1.54, 1.807) is 18.0 Å². The molecule has 4 nitrogen and oxygen atoms in total. The number of nitrogens with one attached hydrogen (secondary N) is 1. The van der Waals surface area contributed by atoms with E-state index in [2.05, 4.69) is 5.32 Å². The van der Waals surface area contributed by atoms with Crippen molar-refractivity contribution in [2.45, 2.75) is 0 Å². The molecule has 1 aliphatic rings. The molecule has 0 fully saturated rings. The van der Waals surface area contributed by atoms with Gasteiger partial charge in [-0.2, -0.15) is 0 Å². The fraction of sp³-hybridized carbons (Fsp3) is 0.222. The Balaban J connectivity index is 2.49. The van der Waals surface area contributed by atoms with Gasteiger partial charge in [0.15, 0.2) is 0 Å². The van der Waals surface area contributed by atoms with Gasteiger partial charge in [0.1, 0.15) is 0 Å². The van der Waals surface area contributed by atoms with Crippen molar-refractivity contribution in [1.82, 2.24) is 0 Å². The van der Waals surface area contributed by atoms with Crippen LogP contribution in [0.4, 0.5) is 17.1 Å². The summed E-state index contributed by atoms with van der Waals surface area (Å²) in [6, 6.07) is 5.46. The van der Waals surface area contributed by atoms with Crippen LogP contribution in [0.5, 0.6) is 0 Å². The number of hydrogen-bond acceptors (Lipinski definition) is 3. The lowest BCUT2D eigenvalue weighted by atomic mass is 10.2. The number of likely N-dealkylation sites (N-methyl/N-ethyl adjacent to an activating group) is 1. The Morgan fingerprint density at radius 2 is 2.31 bits per heavy atom. The standard InChI is InChI=1S/C9H11N3O/c1-12-8-3-2-6(10)4-7(8)11-5-9(12)13/h2-4,11H,5,10H2,1H3. The molecule has 2 rings (SSSR count). The van der Waals surface area contributed by atoms with E-state index in [9.17, 15) is 4.79 Å². The van der Waals surface area contributed by atoms with Crippen molar-refractivity contribution in [3.8, 4) is 0 Å². The molecule has 0 atom stereocenters. The summed E-state index contributed by atoms with van der Waals surface area (Å²) in [5, 5.41) is 3.01. The topological polar surface area (TPSA) is 58.4 Å². The molecule has 0 unspecified atom stereocenters. The molecule has 0 saturated heterocycles. The van der Waals surface area contributed by atoms with Crippen LogP contribution in [0.15, 0.2) is 18.2 Å². The third-order valence-corrected chi connectivity index (χ3v) is 2.19. The average Bonchev–Trinajstić information content (AvgIpc) is 2.12. The highest BCUT2D eigenvalue weighted by atomic mass is 16.2. The number of anilines is 3. The van der Waals surface area contributed by atoms with Crippen molar-refractivity contribution in [3.63, 3.8) is 0 Å². The van der Waals surface area contributed by atoms with Crippen LogP contribution in [0.25, 0.3) is 0 Å². The number of carbonyl (C=O) groups is 1. The number of hydrogen-bond donors (Lipinski definition) is 2. The van der Waals surface area contributed by atoms with Crippen molar-refractivity contribution < 1.29 is 4.79 Å². The van der Waals surface area contributed by atoms with E-state index in [1.807, 2.05) is 12.1 Å². The summed E-state index contributed by atoms with van der Waals surface area (Å²) in [6.45, 7) is 0.340. The number of fused-ring (bicyclic) bond motifs is 1. The first-order valence-corrected chi connectivity index (χ1v) is 4.08. The number of nitrogens with zero attached hydrogens (tertiary/aromatic N) is 1. The maximum absolute atomic E-state index is 11.3. The van der Waals surface area contributed by atoms with Crippen molar-refractivity contribution in [2.75, 3.05) is 29.5 Å². The molecule has 0 aliphatic carbocycles. The summed E-state index contributed by atoms with van der Waals surface area (Å²) in [6.07, 6.45) is 0. The van der Waals surface area contributed by atoms with Gasteiger partial charge in [0, 0.05) is 12.7 Å². The Kier molecular flexibility index (Phi) is 1.62. The SMILES string of the molecule is CN1C(=O)CNc2cc(N)ccc21. The lowest BCUT2D eigenvalue weighted by molar-refractivity contribution is -0.116. The molecule has 0 bridgehead atoms. The van der Waals surface area contributed by atoms with E-state index < -0.39 is 0 Å². The van der Waals surface area contributed by atoms with Crippen LogP contribution in [0, 0.1) is 0 Å². The average molecular weight is 177 g/mol. The van der Waals surface area contributed by atoms with E-state index in [-0.39, 0.29) is 5.91 Å². The first-order valence-electron chi connectivity index (χ1n) is 4.08. The Morgan fingerprint density at radius 3 is 3.08 bits per heavy atom. The smallest absolute Gasteiger partial charge is 0.246 e. The molecule has 13 heavy (non-hydrogen) atoms. The summed E-state index contributed by atoms with van der Waals surface area (Å²) < 4.78 is 0. The largest absolute Gasteiger partial charge is 0.399 e. The first-order chi connectivity index (χ1) is 6.18. The summed E-state index contributed by atoms with van der Waals surface area (Å²) in [5.41, 5.74) is 8.12. The summed E-state index contributed by atoms with van der Waals surface area (Å²) in [7, 11) is 1.76. The van der Waals surface area contributed by atoms with Gasteiger partial charge < -0.3 is 16.0 Å². The van der Waals surface area contributed by atoms with Crippen LogP contribution >= 0.6 is 0 Å². The molecule has 68 valence electrons. The van der Waals surface area contributed by atoms with Crippen molar-refractivity contribution in [3.05, 3.63) is 18.2 Å². The Hall–Kier alpha value is -1.71. The molecule has 3 N–H and O–H groups in total. The number of nitrogens with two attached hydrogens (primary N) is 1. The second kappa shape index (κ2) is 2.65. The van der Waals surface area contributed by atoms with E-state index >= 15 is 0 Å². The van der Waals surface area contributed by atoms with Gasteiger partial charge in [0.05, 0.1) is 17.9 Å². The van der Waals surface area contributed by atoms with Gasteiger partial charge in [-0.3, -0.25) is 4.79 Å². The molecular weight excluding hydrogens is 166 g/mol. The van der Waals surface area contributed by atoms with Gasteiger partial charge in [-0.15, -0.1) is 0 Å². The quantitative estimate of drug-likeness (QED) is 0.572. The van der Waals surface area contributed by atoms with Crippen LogP contribution in [-0.4, -0.2) is 19.5 Å². The van der Waals surface area contributed by atoms with Gasteiger partial charge in [-0.05, 0) is 18.2 Å². The Bertz CT molecular complexity index is 362. The number of benzene rings is 1. The second-order valence-electron chi connectivity index (χ2n) is 3.08. The minimum atomic E-state index is 0.0669. The van der Waals surface area contributed by atoms with Crippen LogP contribution in [-0.2, 0) is 4.79 Å². The van der Waals surface area contributed by atoms with E-state index in [0.717, 1.165) is 11.4 Å². The molecule has 0 saturated carbocycles. The van der Waals surface area contributed by atoms with E-state index in [0.29, 0.717) is 12.2 Å². The summed E-state index contributed by atoms with van der Waals surface area (Å²) in [5.74, 6) is 0.0669. The maximum atomic E-state index is 11.3. The maximum Gasteiger partial charge on any atom is 0.246 e. The highest BCUT2D eigenvalue weighted by Crippen LogP contribution is 2.29. The van der Waals surface area contributed by atoms with Gasteiger partial charge in [0.2, 0.25) is 5.91 Å². The predicted octanol–water partition coefficient (Wildman–Crippen LogP) is 0.657. The molecule has 1 aromatic carbocycles. The number of amides is 1. The third kappa shape index (κ3) is 1.20. The zero-order valence-corrected chi connectivity index (χ0v) is 7.37. The van der Waals surface area contributed by atoms with Crippen LogP contribution in [0.1, 0.15) is 0 Å². The van der Waals surface area contributed by atoms with Crippen LogP contribution < -0.4 is 16.0 Å². The molecule has 0 aromatic heterocycles. The molecule has 0 radical (unpaired) electrons. The zero-order valence-electron chi connectivity index (χ0n) is 7.37. The van der Waals surface area contributed by atoms with Crippen LogP contribution in [0.2, 0.25) is 0 Å². The van der Waals surface area contributed by atoms with Gasteiger partial charge in [0.25, 0.3) is 0 Å².